The second-order valence-electron chi connectivity index (χ2n) is 7.28. The molecule has 1 amide bonds. The van der Waals surface area contributed by atoms with Crippen molar-refractivity contribution in [2.24, 2.45) is 10.1 Å². The first-order valence-electron chi connectivity index (χ1n) is 10.0. The minimum Gasteiger partial charge on any atom is -0.486 e. The van der Waals surface area contributed by atoms with Gasteiger partial charge in [-0.1, -0.05) is 46.3 Å². The first-order chi connectivity index (χ1) is 16.0. The molecule has 0 saturated heterocycles. The van der Waals surface area contributed by atoms with E-state index in [1.54, 1.807) is 6.07 Å². The molecule has 0 aliphatic carbocycles. The fourth-order valence-corrected chi connectivity index (χ4v) is 4.35. The van der Waals surface area contributed by atoms with Crippen molar-refractivity contribution in [2.75, 3.05) is 6.61 Å². The molecular weight excluding hydrogens is 504 g/mol. The molecule has 2 aliphatic rings. The van der Waals surface area contributed by atoms with E-state index >= 15 is 0 Å². The Hall–Kier alpha value is -3.43. The van der Waals surface area contributed by atoms with Crippen molar-refractivity contribution in [3.8, 4) is 17.1 Å². The molecule has 0 bridgehead atoms. The van der Waals surface area contributed by atoms with E-state index in [0.29, 0.717) is 21.7 Å². The number of nitrogens with zero attached hydrogens (tertiary/aromatic N) is 3. The number of furan rings is 1. The van der Waals surface area contributed by atoms with Crippen LogP contribution in [0.15, 0.2) is 85.2 Å². The number of aliphatic imine (C=N–C) groups is 1. The fraction of sp³-hybridized carbons (Fsp3) is 0.0833. The average molecular weight is 521 g/mol. The third kappa shape index (κ3) is 4.42. The number of carbonyl (C=O) groups excluding carboxylic acids is 1. The second kappa shape index (κ2) is 8.84. The number of nitrogens with one attached hydrogen (secondary N) is 1. The molecule has 0 fully saturated rings. The number of aryl methyl sites for hydroxylation is 1. The van der Waals surface area contributed by atoms with Gasteiger partial charge in [0, 0.05) is 10.0 Å². The van der Waals surface area contributed by atoms with E-state index in [0.717, 1.165) is 21.3 Å². The van der Waals surface area contributed by atoms with Gasteiger partial charge in [0.25, 0.3) is 5.91 Å². The van der Waals surface area contributed by atoms with Crippen LogP contribution in [0.2, 0.25) is 0 Å². The van der Waals surface area contributed by atoms with Crippen molar-refractivity contribution >= 4 is 55.7 Å². The standard InChI is InChI=1S/C24H17BrN4O3S/c1-14-4-2-3-5-19(14)31-13-21-28-29-22(26)18(23(30)27-24(29)33-21)12-17-10-11-20(32-17)15-6-8-16(25)9-7-15/h2-12,26H,13H2,1H3. The van der Waals surface area contributed by atoms with Crippen LogP contribution in [0.3, 0.4) is 0 Å². The van der Waals surface area contributed by atoms with Crippen LogP contribution in [0.4, 0.5) is 0 Å². The maximum atomic E-state index is 12.6. The number of hydrogen-bond acceptors (Lipinski definition) is 6. The van der Waals surface area contributed by atoms with Crippen LogP contribution in [0.1, 0.15) is 11.3 Å². The molecular formula is C24H17BrN4O3S. The van der Waals surface area contributed by atoms with Gasteiger partial charge in [0.15, 0.2) is 5.84 Å². The molecule has 2 aromatic carbocycles. The van der Waals surface area contributed by atoms with E-state index < -0.39 is 5.91 Å². The molecule has 0 atom stereocenters. The summed E-state index contributed by atoms with van der Waals surface area (Å²) in [4.78, 5) is 16.7. The maximum Gasteiger partial charge on any atom is 0.283 e. The lowest BCUT2D eigenvalue weighted by atomic mass is 10.1. The van der Waals surface area contributed by atoms with E-state index in [9.17, 15) is 4.79 Å². The van der Waals surface area contributed by atoms with Crippen molar-refractivity contribution in [3.63, 3.8) is 0 Å². The molecule has 9 heteroatoms. The SMILES string of the molecule is Cc1ccccc1OCC1=NN2C(=N)C(=Cc3ccc(-c4ccc(Br)cc4)o3)C(=O)N=C2S1. The van der Waals surface area contributed by atoms with E-state index in [-0.39, 0.29) is 18.0 Å². The summed E-state index contributed by atoms with van der Waals surface area (Å²) < 4.78 is 12.7. The Morgan fingerprint density at radius 3 is 2.73 bits per heavy atom. The van der Waals surface area contributed by atoms with Crippen molar-refractivity contribution in [3.05, 3.63) is 82.0 Å². The quantitative estimate of drug-likeness (QED) is 0.434. The zero-order valence-corrected chi connectivity index (χ0v) is 19.8. The van der Waals surface area contributed by atoms with Gasteiger partial charge < -0.3 is 9.15 Å². The maximum absolute atomic E-state index is 12.6. The van der Waals surface area contributed by atoms with E-state index in [2.05, 4.69) is 26.0 Å². The zero-order chi connectivity index (χ0) is 22.9. The second-order valence-corrected chi connectivity index (χ2v) is 9.23. The summed E-state index contributed by atoms with van der Waals surface area (Å²) >= 11 is 4.64. The average Bonchev–Trinajstić information content (AvgIpc) is 3.44. The summed E-state index contributed by atoms with van der Waals surface area (Å²) in [6.45, 7) is 2.19. The molecule has 7 nitrogen and oxygen atoms in total. The molecule has 0 spiro atoms. The predicted molar refractivity (Wildman–Crippen MR) is 134 cm³/mol. The van der Waals surface area contributed by atoms with Crippen LogP contribution in [0.5, 0.6) is 5.75 Å². The van der Waals surface area contributed by atoms with Gasteiger partial charge in [0.05, 0.1) is 5.57 Å². The molecule has 3 aromatic rings. The van der Waals surface area contributed by atoms with Crippen LogP contribution in [0, 0.1) is 12.3 Å². The van der Waals surface area contributed by atoms with Gasteiger partial charge in [-0.3, -0.25) is 10.2 Å². The number of halogens is 1. The monoisotopic (exact) mass is 520 g/mol. The van der Waals surface area contributed by atoms with Crippen molar-refractivity contribution in [1.29, 1.82) is 5.41 Å². The summed E-state index contributed by atoms with van der Waals surface area (Å²) in [5.41, 5.74) is 2.04. The number of amidine groups is 2. The number of hydrazone groups is 1. The number of amides is 1. The summed E-state index contributed by atoms with van der Waals surface area (Å²) in [6.07, 6.45) is 1.52. The molecule has 1 N–H and O–H groups in total. The van der Waals surface area contributed by atoms with Crippen LogP contribution in [0.25, 0.3) is 17.4 Å². The molecule has 33 heavy (non-hydrogen) atoms. The Kier molecular flexibility index (Phi) is 5.74. The number of para-hydroxylation sites is 1. The van der Waals surface area contributed by atoms with E-state index in [4.69, 9.17) is 14.6 Å². The highest BCUT2D eigenvalue weighted by atomic mass is 79.9. The lowest BCUT2D eigenvalue weighted by Crippen LogP contribution is -2.35. The Balaban J connectivity index is 1.34. The third-order valence-electron chi connectivity index (χ3n) is 4.98. The number of carbonyl (C=O) groups is 1. The Morgan fingerprint density at radius 2 is 1.94 bits per heavy atom. The highest BCUT2D eigenvalue weighted by molar-refractivity contribution is 9.10. The number of fused-ring (bicyclic) bond motifs is 1. The fourth-order valence-electron chi connectivity index (χ4n) is 3.29. The number of ether oxygens (including phenoxy) is 1. The molecule has 2 aliphatic heterocycles. The van der Waals surface area contributed by atoms with Gasteiger partial charge in [0.1, 0.15) is 28.9 Å². The van der Waals surface area contributed by atoms with Crippen LogP contribution < -0.4 is 4.74 Å². The van der Waals surface area contributed by atoms with Crippen molar-refractivity contribution in [1.82, 2.24) is 5.01 Å². The highest BCUT2D eigenvalue weighted by Gasteiger charge is 2.36. The molecule has 0 radical (unpaired) electrons. The van der Waals surface area contributed by atoms with Gasteiger partial charge in [-0.2, -0.15) is 15.1 Å². The molecule has 3 heterocycles. The summed E-state index contributed by atoms with van der Waals surface area (Å²) in [5.74, 6) is 1.33. The molecule has 164 valence electrons. The number of rotatable bonds is 5. The van der Waals surface area contributed by atoms with Gasteiger partial charge in [-0.05, 0) is 60.7 Å². The Morgan fingerprint density at radius 1 is 1.15 bits per heavy atom. The number of thioether (sulfide) groups is 1. The lowest BCUT2D eigenvalue weighted by Gasteiger charge is -2.19. The molecule has 1 aromatic heterocycles. The van der Waals surface area contributed by atoms with Gasteiger partial charge >= 0.3 is 0 Å². The van der Waals surface area contributed by atoms with Crippen molar-refractivity contribution in [2.45, 2.75) is 6.92 Å². The van der Waals surface area contributed by atoms with Crippen LogP contribution >= 0.6 is 27.7 Å². The largest absolute Gasteiger partial charge is 0.486 e. The van der Waals surface area contributed by atoms with Crippen LogP contribution in [-0.2, 0) is 4.79 Å². The number of benzene rings is 2. The minimum absolute atomic E-state index is 0.0509. The Bertz CT molecular complexity index is 1360. The summed E-state index contributed by atoms with van der Waals surface area (Å²) in [6, 6.07) is 19.0. The first-order valence-corrected chi connectivity index (χ1v) is 11.6. The first kappa shape index (κ1) is 21.4. The zero-order valence-electron chi connectivity index (χ0n) is 17.4. The predicted octanol–water partition coefficient (Wildman–Crippen LogP) is 5.72. The van der Waals surface area contributed by atoms with Crippen molar-refractivity contribution < 1.29 is 13.9 Å². The minimum atomic E-state index is -0.503. The topological polar surface area (TPSA) is 91.2 Å². The van der Waals surface area contributed by atoms with E-state index in [1.807, 2.05) is 61.5 Å². The van der Waals surface area contributed by atoms with Crippen LogP contribution in [-0.4, -0.2) is 33.6 Å². The number of hydrogen-bond donors (Lipinski definition) is 1. The smallest absolute Gasteiger partial charge is 0.283 e. The summed E-state index contributed by atoms with van der Waals surface area (Å²) in [7, 11) is 0. The van der Waals surface area contributed by atoms with Gasteiger partial charge in [-0.25, -0.2) is 0 Å². The van der Waals surface area contributed by atoms with E-state index in [1.165, 1.54) is 22.8 Å². The molecule has 5 rings (SSSR count). The lowest BCUT2D eigenvalue weighted by molar-refractivity contribution is -0.114. The summed E-state index contributed by atoms with van der Waals surface area (Å²) in [5, 5.41) is 15.3. The normalized spacial score (nSPS) is 16.7. The third-order valence-corrected chi connectivity index (χ3v) is 6.39. The molecule has 0 unspecified atom stereocenters. The molecule has 0 saturated carbocycles. The highest BCUT2D eigenvalue weighted by Crippen LogP contribution is 2.30. The van der Waals surface area contributed by atoms with Gasteiger partial charge in [0.2, 0.25) is 5.17 Å². The Labute approximate surface area is 202 Å². The van der Waals surface area contributed by atoms with Gasteiger partial charge in [-0.15, -0.1) is 0 Å².